The highest BCUT2D eigenvalue weighted by Gasteiger charge is 2.21. The van der Waals surface area contributed by atoms with Crippen LogP contribution in [0.1, 0.15) is 12.8 Å². The maximum Gasteiger partial charge on any atom is 0.240 e. The number of hydrogen-bond acceptors (Lipinski definition) is 3. The Kier molecular flexibility index (Phi) is 4.93. The van der Waals surface area contributed by atoms with Gasteiger partial charge in [-0.2, -0.15) is 0 Å². The van der Waals surface area contributed by atoms with Crippen LogP contribution in [-0.2, 0) is 4.79 Å². The zero-order chi connectivity index (χ0) is 13.7. The summed E-state index contributed by atoms with van der Waals surface area (Å²) in [5, 5.41) is 0. The number of hydrogen-bond donors (Lipinski definition) is 1. The summed E-state index contributed by atoms with van der Waals surface area (Å²) in [5.41, 5.74) is 6.63. The van der Waals surface area contributed by atoms with Gasteiger partial charge in [0.1, 0.15) is 0 Å². The molecule has 4 nitrogen and oxygen atoms in total. The number of likely N-dealkylation sites (N-methyl/N-ethyl adjacent to an activating group) is 1. The van der Waals surface area contributed by atoms with Gasteiger partial charge in [-0.25, -0.2) is 0 Å². The molecule has 0 aromatic heterocycles. The largest absolute Gasteiger partial charge is 0.330 e. The van der Waals surface area contributed by atoms with Crippen molar-refractivity contribution in [2.24, 2.45) is 11.7 Å². The van der Waals surface area contributed by atoms with Gasteiger partial charge in [-0.3, -0.25) is 9.69 Å². The summed E-state index contributed by atoms with van der Waals surface area (Å²) in [7, 11) is 1.84. The summed E-state index contributed by atoms with van der Waals surface area (Å²) in [6, 6.07) is 9.77. The third-order valence-corrected chi connectivity index (χ3v) is 3.92. The lowest BCUT2D eigenvalue weighted by Gasteiger charge is -2.31. The second-order valence-corrected chi connectivity index (χ2v) is 5.24. The molecule has 19 heavy (non-hydrogen) atoms. The molecule has 0 radical (unpaired) electrons. The maximum absolute atomic E-state index is 12.2. The van der Waals surface area contributed by atoms with Crippen LogP contribution in [0.4, 0.5) is 5.69 Å². The quantitative estimate of drug-likeness (QED) is 0.889. The van der Waals surface area contributed by atoms with E-state index in [1.165, 1.54) is 0 Å². The van der Waals surface area contributed by atoms with Crippen LogP contribution in [0.15, 0.2) is 30.3 Å². The standard InChI is InChI=1S/C15H23N3O/c1-17(14-5-3-2-4-6-14)15(19)12-18-9-7-13(11-16)8-10-18/h2-6,13H,7-12,16H2,1H3. The van der Waals surface area contributed by atoms with Gasteiger partial charge in [-0.05, 0) is 50.5 Å². The number of nitrogens with zero attached hydrogens (tertiary/aromatic N) is 2. The maximum atomic E-state index is 12.2. The Balaban J connectivity index is 1.85. The first-order chi connectivity index (χ1) is 9.20. The van der Waals surface area contributed by atoms with Crippen LogP contribution < -0.4 is 10.6 Å². The number of likely N-dealkylation sites (tertiary alicyclic amines) is 1. The topological polar surface area (TPSA) is 49.6 Å². The first kappa shape index (κ1) is 14.0. The second kappa shape index (κ2) is 6.68. The van der Waals surface area contributed by atoms with Crippen molar-refractivity contribution < 1.29 is 4.79 Å². The van der Waals surface area contributed by atoms with Crippen LogP contribution in [0.25, 0.3) is 0 Å². The highest BCUT2D eigenvalue weighted by molar-refractivity contribution is 5.94. The smallest absolute Gasteiger partial charge is 0.240 e. The SMILES string of the molecule is CN(C(=O)CN1CCC(CN)CC1)c1ccccc1. The van der Waals surface area contributed by atoms with Gasteiger partial charge in [0.25, 0.3) is 0 Å². The average Bonchev–Trinajstić information content (AvgIpc) is 2.48. The number of carbonyl (C=O) groups is 1. The first-order valence-corrected chi connectivity index (χ1v) is 6.94. The predicted octanol–water partition coefficient (Wildman–Crippen LogP) is 1.32. The molecule has 1 aliphatic rings. The molecule has 0 saturated carbocycles. The van der Waals surface area contributed by atoms with E-state index in [1.54, 1.807) is 4.90 Å². The van der Waals surface area contributed by atoms with E-state index >= 15 is 0 Å². The van der Waals surface area contributed by atoms with Gasteiger partial charge in [-0.1, -0.05) is 18.2 Å². The third kappa shape index (κ3) is 3.78. The number of nitrogens with two attached hydrogens (primary N) is 1. The molecule has 2 N–H and O–H groups in total. The van der Waals surface area contributed by atoms with E-state index in [0.29, 0.717) is 12.5 Å². The van der Waals surface area contributed by atoms with Crippen molar-refractivity contribution in [3.8, 4) is 0 Å². The van der Waals surface area contributed by atoms with Crippen molar-refractivity contribution in [3.63, 3.8) is 0 Å². The molecule has 2 rings (SSSR count). The number of benzene rings is 1. The number of amides is 1. The molecule has 104 valence electrons. The minimum atomic E-state index is 0.150. The molecule has 0 unspecified atom stereocenters. The average molecular weight is 261 g/mol. The Labute approximate surface area is 115 Å². The predicted molar refractivity (Wildman–Crippen MR) is 78.1 cm³/mol. The molecule has 1 amide bonds. The van der Waals surface area contributed by atoms with Gasteiger partial charge in [0.15, 0.2) is 0 Å². The van der Waals surface area contributed by atoms with E-state index < -0.39 is 0 Å². The second-order valence-electron chi connectivity index (χ2n) is 5.24. The molecule has 0 spiro atoms. The van der Waals surface area contributed by atoms with E-state index in [0.717, 1.165) is 38.2 Å². The van der Waals surface area contributed by atoms with Crippen molar-refractivity contribution in [2.75, 3.05) is 38.1 Å². The minimum Gasteiger partial charge on any atom is -0.330 e. The van der Waals surface area contributed by atoms with Crippen molar-refractivity contribution in [1.82, 2.24) is 4.90 Å². The Hall–Kier alpha value is -1.39. The first-order valence-electron chi connectivity index (χ1n) is 6.94. The fraction of sp³-hybridized carbons (Fsp3) is 0.533. The molecular weight excluding hydrogens is 238 g/mol. The van der Waals surface area contributed by atoms with E-state index in [9.17, 15) is 4.79 Å². The highest BCUT2D eigenvalue weighted by Crippen LogP contribution is 2.16. The molecule has 4 heteroatoms. The van der Waals surface area contributed by atoms with Gasteiger partial charge < -0.3 is 10.6 Å². The molecule has 1 aliphatic heterocycles. The number of anilines is 1. The van der Waals surface area contributed by atoms with Crippen molar-refractivity contribution in [3.05, 3.63) is 30.3 Å². The fourth-order valence-electron chi connectivity index (χ4n) is 2.47. The summed E-state index contributed by atoms with van der Waals surface area (Å²) < 4.78 is 0. The summed E-state index contributed by atoms with van der Waals surface area (Å²) in [6.07, 6.45) is 2.22. The van der Waals surface area contributed by atoms with Crippen molar-refractivity contribution >= 4 is 11.6 Å². The van der Waals surface area contributed by atoms with E-state index in [1.807, 2.05) is 37.4 Å². The highest BCUT2D eigenvalue weighted by atomic mass is 16.2. The van der Waals surface area contributed by atoms with E-state index in [-0.39, 0.29) is 5.91 Å². The fourth-order valence-corrected chi connectivity index (χ4v) is 2.47. The lowest BCUT2D eigenvalue weighted by molar-refractivity contribution is -0.119. The van der Waals surface area contributed by atoms with Gasteiger partial charge in [0, 0.05) is 12.7 Å². The zero-order valence-electron chi connectivity index (χ0n) is 11.6. The molecule has 1 aromatic rings. The Bertz CT molecular complexity index is 399. The Morgan fingerprint density at radius 1 is 1.32 bits per heavy atom. The van der Waals surface area contributed by atoms with Crippen LogP contribution in [0.2, 0.25) is 0 Å². The zero-order valence-corrected chi connectivity index (χ0v) is 11.6. The van der Waals surface area contributed by atoms with Crippen molar-refractivity contribution in [1.29, 1.82) is 0 Å². The van der Waals surface area contributed by atoms with Gasteiger partial charge in [-0.15, -0.1) is 0 Å². The third-order valence-electron chi connectivity index (χ3n) is 3.92. The Morgan fingerprint density at radius 3 is 2.53 bits per heavy atom. The molecule has 1 saturated heterocycles. The minimum absolute atomic E-state index is 0.150. The lowest BCUT2D eigenvalue weighted by Crippen LogP contribution is -2.43. The normalized spacial score (nSPS) is 17.4. The van der Waals surface area contributed by atoms with Gasteiger partial charge in [0.05, 0.1) is 6.54 Å². The number of rotatable bonds is 4. The number of para-hydroxylation sites is 1. The molecular formula is C15H23N3O. The lowest BCUT2D eigenvalue weighted by atomic mass is 9.97. The van der Waals surface area contributed by atoms with Crippen LogP contribution >= 0.6 is 0 Å². The summed E-state index contributed by atoms with van der Waals surface area (Å²) in [4.78, 5) is 16.2. The van der Waals surface area contributed by atoms with Crippen LogP contribution in [-0.4, -0.2) is 44.0 Å². The van der Waals surface area contributed by atoms with Crippen LogP contribution in [0.5, 0.6) is 0 Å². The van der Waals surface area contributed by atoms with Crippen LogP contribution in [0, 0.1) is 5.92 Å². The van der Waals surface area contributed by atoms with Crippen molar-refractivity contribution in [2.45, 2.75) is 12.8 Å². The molecule has 1 aromatic carbocycles. The monoisotopic (exact) mass is 261 g/mol. The number of carbonyl (C=O) groups excluding carboxylic acids is 1. The summed E-state index contributed by atoms with van der Waals surface area (Å²) >= 11 is 0. The van der Waals surface area contributed by atoms with Crippen LogP contribution in [0.3, 0.4) is 0 Å². The molecule has 0 aliphatic carbocycles. The Morgan fingerprint density at radius 2 is 1.95 bits per heavy atom. The molecule has 0 bridgehead atoms. The summed E-state index contributed by atoms with van der Waals surface area (Å²) in [5.74, 6) is 0.788. The van der Waals surface area contributed by atoms with E-state index in [4.69, 9.17) is 5.73 Å². The molecule has 1 heterocycles. The van der Waals surface area contributed by atoms with E-state index in [2.05, 4.69) is 4.90 Å². The molecule has 0 atom stereocenters. The molecule has 1 fully saturated rings. The van der Waals surface area contributed by atoms with Gasteiger partial charge >= 0.3 is 0 Å². The number of piperidine rings is 1. The van der Waals surface area contributed by atoms with Gasteiger partial charge in [0.2, 0.25) is 5.91 Å². The summed E-state index contributed by atoms with van der Waals surface area (Å²) in [6.45, 7) is 3.24.